The maximum Gasteiger partial charge on any atom is 0.292 e. The van der Waals surface area contributed by atoms with E-state index in [-0.39, 0.29) is 23.5 Å². The van der Waals surface area contributed by atoms with Crippen LogP contribution in [0.15, 0.2) is 36.5 Å². The molecule has 19 heavy (non-hydrogen) atoms. The zero-order valence-corrected chi connectivity index (χ0v) is 9.84. The molecule has 0 amide bonds. The molecule has 0 aliphatic rings. The molecule has 0 unspecified atom stereocenters. The van der Waals surface area contributed by atoms with Crippen molar-refractivity contribution in [1.29, 1.82) is 0 Å². The van der Waals surface area contributed by atoms with Crippen LogP contribution in [0, 0.1) is 15.9 Å². The zero-order valence-electron chi connectivity index (χ0n) is 9.84. The zero-order chi connectivity index (χ0) is 13.8. The minimum atomic E-state index is -0.640. The third kappa shape index (κ3) is 2.76. The van der Waals surface area contributed by atoms with E-state index in [4.69, 9.17) is 5.73 Å². The van der Waals surface area contributed by atoms with Crippen molar-refractivity contribution in [1.82, 2.24) is 4.98 Å². The molecule has 2 aromatic rings. The normalized spacial score (nSPS) is 10.2. The van der Waals surface area contributed by atoms with E-state index in [1.807, 2.05) is 0 Å². The van der Waals surface area contributed by atoms with Crippen LogP contribution in [0.1, 0.15) is 5.56 Å². The summed E-state index contributed by atoms with van der Waals surface area (Å²) in [5.41, 5.74) is 5.18. The van der Waals surface area contributed by atoms with Crippen molar-refractivity contribution in [2.24, 2.45) is 0 Å². The first-order chi connectivity index (χ1) is 9.09. The van der Waals surface area contributed by atoms with Gasteiger partial charge in [-0.05, 0) is 18.2 Å². The first kappa shape index (κ1) is 12.7. The van der Waals surface area contributed by atoms with Gasteiger partial charge >= 0.3 is 0 Å². The lowest BCUT2D eigenvalue weighted by atomic mass is 10.1. The Kier molecular flexibility index (Phi) is 3.56. The van der Waals surface area contributed by atoms with Gasteiger partial charge in [0.15, 0.2) is 0 Å². The largest absolute Gasteiger partial charge is 0.393 e. The molecule has 0 radical (unpaired) electrons. The summed E-state index contributed by atoms with van der Waals surface area (Å²) in [7, 11) is 0. The van der Waals surface area contributed by atoms with Crippen LogP contribution >= 0.6 is 0 Å². The molecule has 2 rings (SSSR count). The Balaban J connectivity index is 2.25. The number of hydrogen-bond acceptors (Lipinski definition) is 5. The summed E-state index contributed by atoms with van der Waals surface area (Å²) in [6, 6.07) is 7.29. The predicted molar refractivity (Wildman–Crippen MR) is 69.0 cm³/mol. The van der Waals surface area contributed by atoms with Crippen molar-refractivity contribution in [2.45, 2.75) is 6.54 Å². The standard InChI is InChI=1S/C12H11FN4O2/c13-9-4-5-10(17(18)19)12(14)8(9)7-16-11-3-1-2-6-15-11/h1-6H,7,14H2,(H,15,16). The molecule has 0 bridgehead atoms. The molecule has 1 aromatic heterocycles. The number of nitrogens with one attached hydrogen (secondary N) is 1. The van der Waals surface area contributed by atoms with Gasteiger partial charge in [-0.2, -0.15) is 0 Å². The van der Waals surface area contributed by atoms with Gasteiger partial charge in [0.1, 0.15) is 17.3 Å². The van der Waals surface area contributed by atoms with Crippen LogP contribution in [0.4, 0.5) is 21.6 Å². The number of pyridine rings is 1. The van der Waals surface area contributed by atoms with Crippen LogP contribution in [0.2, 0.25) is 0 Å². The molecule has 1 aromatic carbocycles. The number of nitrogen functional groups attached to an aromatic ring is 1. The summed E-state index contributed by atoms with van der Waals surface area (Å²) in [4.78, 5) is 14.1. The molecule has 0 spiro atoms. The van der Waals surface area contributed by atoms with E-state index in [2.05, 4.69) is 10.3 Å². The van der Waals surface area contributed by atoms with Crippen LogP contribution in [-0.2, 0) is 6.54 Å². The van der Waals surface area contributed by atoms with Gasteiger partial charge in [0.2, 0.25) is 0 Å². The summed E-state index contributed by atoms with van der Waals surface area (Å²) >= 11 is 0. The van der Waals surface area contributed by atoms with E-state index >= 15 is 0 Å². The Labute approximate surface area is 108 Å². The lowest BCUT2D eigenvalue weighted by Crippen LogP contribution is -2.08. The van der Waals surface area contributed by atoms with Crippen molar-refractivity contribution >= 4 is 17.2 Å². The second kappa shape index (κ2) is 5.30. The van der Waals surface area contributed by atoms with Crippen molar-refractivity contribution in [3.63, 3.8) is 0 Å². The second-order valence-electron chi connectivity index (χ2n) is 3.78. The Morgan fingerprint density at radius 2 is 2.16 bits per heavy atom. The number of nitro benzene ring substituents is 1. The number of anilines is 2. The second-order valence-corrected chi connectivity index (χ2v) is 3.78. The molecule has 0 saturated carbocycles. The van der Waals surface area contributed by atoms with Crippen LogP contribution in [0.3, 0.4) is 0 Å². The van der Waals surface area contributed by atoms with Crippen LogP contribution in [0.5, 0.6) is 0 Å². The van der Waals surface area contributed by atoms with E-state index in [0.29, 0.717) is 5.82 Å². The highest BCUT2D eigenvalue weighted by molar-refractivity contribution is 5.64. The van der Waals surface area contributed by atoms with E-state index in [9.17, 15) is 14.5 Å². The highest BCUT2D eigenvalue weighted by Gasteiger charge is 2.18. The predicted octanol–water partition coefficient (Wildman–Crippen LogP) is 2.32. The SMILES string of the molecule is Nc1c([N+](=O)[O-])ccc(F)c1CNc1ccccn1. The fraction of sp³-hybridized carbons (Fsp3) is 0.0833. The average Bonchev–Trinajstić information content (AvgIpc) is 2.39. The van der Waals surface area contributed by atoms with E-state index in [1.165, 1.54) is 0 Å². The molecular formula is C12H11FN4O2. The fourth-order valence-electron chi connectivity index (χ4n) is 1.61. The quantitative estimate of drug-likeness (QED) is 0.501. The van der Waals surface area contributed by atoms with Crippen molar-refractivity contribution in [2.75, 3.05) is 11.1 Å². The number of nitrogens with zero attached hydrogens (tertiary/aromatic N) is 2. The van der Waals surface area contributed by atoms with Gasteiger partial charge in [0.25, 0.3) is 5.69 Å². The summed E-state index contributed by atoms with van der Waals surface area (Å²) in [6.45, 7) is 0.0242. The summed E-state index contributed by atoms with van der Waals surface area (Å²) < 4.78 is 13.6. The number of rotatable bonds is 4. The van der Waals surface area contributed by atoms with Gasteiger partial charge < -0.3 is 11.1 Å². The molecule has 0 saturated heterocycles. The number of nitro groups is 1. The van der Waals surface area contributed by atoms with Gasteiger partial charge in [0.05, 0.1) is 4.92 Å². The van der Waals surface area contributed by atoms with E-state index in [0.717, 1.165) is 12.1 Å². The molecule has 7 heteroatoms. The van der Waals surface area contributed by atoms with E-state index in [1.54, 1.807) is 24.4 Å². The Morgan fingerprint density at radius 1 is 1.37 bits per heavy atom. The molecule has 98 valence electrons. The lowest BCUT2D eigenvalue weighted by Gasteiger charge is -2.09. The third-order valence-corrected chi connectivity index (χ3v) is 2.58. The number of aromatic nitrogens is 1. The van der Waals surface area contributed by atoms with Crippen molar-refractivity contribution in [3.8, 4) is 0 Å². The highest BCUT2D eigenvalue weighted by atomic mass is 19.1. The first-order valence-corrected chi connectivity index (χ1v) is 5.45. The molecule has 0 aliphatic carbocycles. The van der Waals surface area contributed by atoms with Gasteiger partial charge in [-0.3, -0.25) is 10.1 Å². The smallest absolute Gasteiger partial charge is 0.292 e. The van der Waals surface area contributed by atoms with Crippen molar-refractivity contribution < 1.29 is 9.31 Å². The summed E-state index contributed by atoms with van der Waals surface area (Å²) in [5.74, 6) is -0.0562. The number of halogens is 1. The molecule has 1 heterocycles. The van der Waals surface area contributed by atoms with Gasteiger partial charge in [0, 0.05) is 24.4 Å². The van der Waals surface area contributed by atoms with Gasteiger partial charge in [-0.1, -0.05) is 6.07 Å². The van der Waals surface area contributed by atoms with E-state index < -0.39 is 10.7 Å². The molecule has 0 atom stereocenters. The summed E-state index contributed by atoms with van der Waals surface area (Å²) in [5, 5.41) is 13.6. The van der Waals surface area contributed by atoms with Crippen molar-refractivity contribution in [3.05, 3.63) is 58.0 Å². The monoisotopic (exact) mass is 262 g/mol. The topological polar surface area (TPSA) is 94.1 Å². The first-order valence-electron chi connectivity index (χ1n) is 5.45. The number of benzene rings is 1. The highest BCUT2D eigenvalue weighted by Crippen LogP contribution is 2.27. The molecule has 0 aliphatic heterocycles. The molecule has 6 nitrogen and oxygen atoms in total. The Bertz CT molecular complexity index is 604. The molecular weight excluding hydrogens is 251 g/mol. The maximum atomic E-state index is 13.6. The Morgan fingerprint density at radius 3 is 2.79 bits per heavy atom. The number of nitrogens with two attached hydrogens (primary N) is 1. The molecule has 3 N–H and O–H groups in total. The lowest BCUT2D eigenvalue weighted by molar-refractivity contribution is -0.384. The fourth-order valence-corrected chi connectivity index (χ4v) is 1.61. The van der Waals surface area contributed by atoms with Crippen LogP contribution in [0.25, 0.3) is 0 Å². The Hall–Kier alpha value is -2.70. The minimum absolute atomic E-state index is 0.0242. The third-order valence-electron chi connectivity index (χ3n) is 2.58. The van der Waals surface area contributed by atoms with Crippen LogP contribution < -0.4 is 11.1 Å². The minimum Gasteiger partial charge on any atom is -0.393 e. The van der Waals surface area contributed by atoms with Gasteiger partial charge in [-0.15, -0.1) is 0 Å². The number of hydrogen-bond donors (Lipinski definition) is 2. The average molecular weight is 262 g/mol. The summed E-state index contributed by atoms with van der Waals surface area (Å²) in [6.07, 6.45) is 1.58. The van der Waals surface area contributed by atoms with Gasteiger partial charge in [-0.25, -0.2) is 9.37 Å². The molecule has 0 fully saturated rings. The maximum absolute atomic E-state index is 13.6. The van der Waals surface area contributed by atoms with Crippen LogP contribution in [-0.4, -0.2) is 9.91 Å².